The maximum Gasteiger partial charge on any atom is 0.207 e. The fourth-order valence-corrected chi connectivity index (χ4v) is 1.63. The maximum absolute atomic E-state index is 13.3. The van der Waals surface area contributed by atoms with Gasteiger partial charge in [-0.2, -0.15) is 0 Å². The predicted molar refractivity (Wildman–Crippen MR) is 46.8 cm³/mol. The van der Waals surface area contributed by atoms with E-state index < -0.39 is 5.85 Å². The Labute approximate surface area is 73.5 Å². The van der Waals surface area contributed by atoms with Crippen LogP contribution in [0.1, 0.15) is 33.6 Å². The summed E-state index contributed by atoms with van der Waals surface area (Å²) in [6.07, 6.45) is 1.38. The van der Waals surface area contributed by atoms with E-state index in [1.54, 1.807) is 0 Å². The second-order valence-electron chi connectivity index (χ2n) is 3.96. The molecular formula is C9H18FNO. The first-order valence-corrected chi connectivity index (χ1v) is 4.58. The Balaban J connectivity index is 2.36. The summed E-state index contributed by atoms with van der Waals surface area (Å²) in [4.78, 5) is 0. The Morgan fingerprint density at radius 3 is 2.75 bits per heavy atom. The van der Waals surface area contributed by atoms with E-state index in [1.165, 1.54) is 6.92 Å². The molecule has 0 spiro atoms. The minimum atomic E-state index is -1.43. The highest BCUT2D eigenvalue weighted by Crippen LogP contribution is 2.25. The van der Waals surface area contributed by atoms with E-state index >= 15 is 0 Å². The van der Waals surface area contributed by atoms with Crippen LogP contribution in [0.4, 0.5) is 4.39 Å². The summed E-state index contributed by atoms with van der Waals surface area (Å²) in [5.41, 5.74) is 0. The first-order valence-electron chi connectivity index (χ1n) is 4.58. The molecule has 1 rings (SSSR count). The standard InChI is InChI=1S/C9H18FNO/c1-7(2)11-8-4-5-12-9(3,10)6-8/h7-8,11H,4-6H2,1-3H3. The number of rotatable bonds is 2. The summed E-state index contributed by atoms with van der Waals surface area (Å²) in [7, 11) is 0. The fraction of sp³-hybridized carbons (Fsp3) is 1.00. The molecule has 0 saturated carbocycles. The van der Waals surface area contributed by atoms with Gasteiger partial charge in [0.25, 0.3) is 0 Å². The Bertz CT molecular complexity index is 147. The van der Waals surface area contributed by atoms with Gasteiger partial charge >= 0.3 is 0 Å². The third-order valence-corrected chi connectivity index (χ3v) is 2.05. The van der Waals surface area contributed by atoms with E-state index in [1.807, 2.05) is 0 Å². The molecule has 0 aromatic heterocycles. The third kappa shape index (κ3) is 3.07. The van der Waals surface area contributed by atoms with Crippen molar-refractivity contribution in [3.63, 3.8) is 0 Å². The average molecular weight is 175 g/mol. The molecule has 1 N–H and O–H groups in total. The van der Waals surface area contributed by atoms with Crippen LogP contribution < -0.4 is 5.32 Å². The Morgan fingerprint density at radius 2 is 2.25 bits per heavy atom. The molecule has 0 radical (unpaired) electrons. The SMILES string of the molecule is CC(C)NC1CCOC(C)(F)C1. The van der Waals surface area contributed by atoms with E-state index in [9.17, 15) is 4.39 Å². The lowest BCUT2D eigenvalue weighted by Crippen LogP contribution is -2.45. The Morgan fingerprint density at radius 1 is 1.58 bits per heavy atom. The molecule has 2 nitrogen and oxygen atoms in total. The molecule has 72 valence electrons. The molecule has 0 aliphatic carbocycles. The first kappa shape index (κ1) is 9.93. The van der Waals surface area contributed by atoms with E-state index in [-0.39, 0.29) is 6.04 Å². The molecule has 3 heteroatoms. The zero-order chi connectivity index (χ0) is 9.19. The van der Waals surface area contributed by atoms with E-state index in [0.717, 1.165) is 6.42 Å². The van der Waals surface area contributed by atoms with Crippen molar-refractivity contribution in [1.29, 1.82) is 0 Å². The van der Waals surface area contributed by atoms with Crippen LogP contribution in [0.25, 0.3) is 0 Å². The second kappa shape index (κ2) is 3.71. The molecule has 1 fully saturated rings. The van der Waals surface area contributed by atoms with Crippen molar-refractivity contribution in [2.75, 3.05) is 6.61 Å². The molecule has 1 aliphatic rings. The Hall–Kier alpha value is -0.150. The van der Waals surface area contributed by atoms with Crippen LogP contribution in [-0.4, -0.2) is 24.5 Å². The molecule has 12 heavy (non-hydrogen) atoms. The maximum atomic E-state index is 13.3. The van der Waals surface area contributed by atoms with Crippen LogP contribution >= 0.6 is 0 Å². The molecule has 0 aromatic carbocycles. The highest BCUT2D eigenvalue weighted by molar-refractivity contribution is 4.79. The number of ether oxygens (including phenoxy) is 1. The summed E-state index contributed by atoms with van der Waals surface area (Å²) < 4.78 is 18.3. The van der Waals surface area contributed by atoms with Crippen molar-refractivity contribution < 1.29 is 9.13 Å². The molecule has 1 saturated heterocycles. The van der Waals surface area contributed by atoms with Crippen LogP contribution in [0.3, 0.4) is 0 Å². The lowest BCUT2D eigenvalue weighted by Gasteiger charge is -2.33. The van der Waals surface area contributed by atoms with Crippen molar-refractivity contribution in [3.05, 3.63) is 0 Å². The lowest BCUT2D eigenvalue weighted by atomic mass is 10.0. The minimum absolute atomic E-state index is 0.272. The van der Waals surface area contributed by atoms with Gasteiger partial charge < -0.3 is 10.1 Å². The van der Waals surface area contributed by atoms with E-state index in [2.05, 4.69) is 19.2 Å². The van der Waals surface area contributed by atoms with Gasteiger partial charge in [-0.3, -0.25) is 0 Å². The highest BCUT2D eigenvalue weighted by atomic mass is 19.2. The van der Waals surface area contributed by atoms with Crippen LogP contribution in [0.2, 0.25) is 0 Å². The molecule has 0 bridgehead atoms. The molecule has 1 aliphatic heterocycles. The lowest BCUT2D eigenvalue weighted by molar-refractivity contribution is -0.164. The van der Waals surface area contributed by atoms with Crippen LogP contribution in [0, 0.1) is 0 Å². The van der Waals surface area contributed by atoms with Gasteiger partial charge in [-0.15, -0.1) is 0 Å². The quantitative estimate of drug-likeness (QED) is 0.691. The van der Waals surface area contributed by atoms with Crippen LogP contribution in [0.15, 0.2) is 0 Å². The normalized spacial score (nSPS) is 37.2. The van der Waals surface area contributed by atoms with Gasteiger partial charge in [0, 0.05) is 18.5 Å². The average Bonchev–Trinajstić information content (AvgIpc) is 1.82. The van der Waals surface area contributed by atoms with Crippen molar-refractivity contribution in [3.8, 4) is 0 Å². The smallest absolute Gasteiger partial charge is 0.207 e. The summed E-state index contributed by atoms with van der Waals surface area (Å²) in [6.45, 7) is 6.18. The summed E-state index contributed by atoms with van der Waals surface area (Å²) in [5.74, 6) is -1.43. The molecule has 0 amide bonds. The zero-order valence-corrected chi connectivity index (χ0v) is 8.06. The molecule has 2 atom stereocenters. The van der Waals surface area contributed by atoms with Gasteiger partial charge in [0.2, 0.25) is 5.85 Å². The van der Waals surface area contributed by atoms with Gasteiger partial charge in [0.1, 0.15) is 0 Å². The molecule has 1 heterocycles. The van der Waals surface area contributed by atoms with Gasteiger partial charge in [0.05, 0.1) is 6.61 Å². The van der Waals surface area contributed by atoms with Crippen molar-refractivity contribution in [2.24, 2.45) is 0 Å². The topological polar surface area (TPSA) is 21.3 Å². The molecule has 0 aromatic rings. The molecular weight excluding hydrogens is 157 g/mol. The number of hydrogen-bond acceptors (Lipinski definition) is 2. The largest absolute Gasteiger partial charge is 0.346 e. The number of nitrogens with one attached hydrogen (secondary N) is 1. The number of alkyl halides is 1. The van der Waals surface area contributed by atoms with Crippen LogP contribution in [-0.2, 0) is 4.74 Å². The van der Waals surface area contributed by atoms with Crippen molar-refractivity contribution in [2.45, 2.75) is 51.6 Å². The fourth-order valence-electron chi connectivity index (χ4n) is 1.63. The van der Waals surface area contributed by atoms with E-state index in [0.29, 0.717) is 19.1 Å². The van der Waals surface area contributed by atoms with Gasteiger partial charge in [-0.25, -0.2) is 4.39 Å². The van der Waals surface area contributed by atoms with Gasteiger partial charge in [0.15, 0.2) is 0 Å². The number of halogens is 1. The zero-order valence-electron chi connectivity index (χ0n) is 8.06. The van der Waals surface area contributed by atoms with Gasteiger partial charge in [-0.1, -0.05) is 13.8 Å². The predicted octanol–water partition coefficient (Wildman–Crippen LogP) is 1.85. The van der Waals surface area contributed by atoms with Crippen LogP contribution in [0.5, 0.6) is 0 Å². The van der Waals surface area contributed by atoms with E-state index in [4.69, 9.17) is 4.74 Å². The van der Waals surface area contributed by atoms with Crippen molar-refractivity contribution >= 4 is 0 Å². The second-order valence-corrected chi connectivity index (χ2v) is 3.96. The minimum Gasteiger partial charge on any atom is -0.346 e. The third-order valence-electron chi connectivity index (χ3n) is 2.05. The summed E-state index contributed by atoms with van der Waals surface area (Å²) in [5, 5.41) is 3.32. The monoisotopic (exact) mass is 175 g/mol. The summed E-state index contributed by atoms with van der Waals surface area (Å²) in [6, 6.07) is 0.692. The van der Waals surface area contributed by atoms with Gasteiger partial charge in [-0.05, 0) is 13.3 Å². The summed E-state index contributed by atoms with van der Waals surface area (Å²) >= 11 is 0. The first-order chi connectivity index (χ1) is 5.49. The van der Waals surface area contributed by atoms with Crippen molar-refractivity contribution in [1.82, 2.24) is 5.32 Å². The Kier molecular flexibility index (Phi) is 3.07. The highest BCUT2D eigenvalue weighted by Gasteiger charge is 2.32. The number of hydrogen-bond donors (Lipinski definition) is 1. The molecule has 2 unspecified atom stereocenters.